The van der Waals surface area contributed by atoms with Crippen LogP contribution in [-0.2, 0) is 17.8 Å². The highest BCUT2D eigenvalue weighted by Crippen LogP contribution is 2.19. The van der Waals surface area contributed by atoms with E-state index < -0.39 is 0 Å². The fraction of sp³-hybridized carbons (Fsp3) is 0.474. The third-order valence-corrected chi connectivity index (χ3v) is 4.81. The lowest BCUT2D eigenvalue weighted by molar-refractivity contribution is 0.122. The Morgan fingerprint density at radius 3 is 2.46 bits per heavy atom. The van der Waals surface area contributed by atoms with Gasteiger partial charge in [0, 0.05) is 19.6 Å². The van der Waals surface area contributed by atoms with E-state index in [1.807, 2.05) is 43.0 Å². The van der Waals surface area contributed by atoms with Crippen molar-refractivity contribution in [2.24, 2.45) is 0 Å². The largest absolute Gasteiger partial charge is 0.383 e. The Morgan fingerprint density at radius 1 is 1.12 bits per heavy atom. The first-order valence-corrected chi connectivity index (χ1v) is 9.05. The smallest absolute Gasteiger partial charge is 0.332 e. The fourth-order valence-corrected chi connectivity index (χ4v) is 3.32. The van der Waals surface area contributed by atoms with Gasteiger partial charge in [-0.05, 0) is 24.5 Å². The van der Waals surface area contributed by atoms with Crippen molar-refractivity contribution in [2.45, 2.75) is 33.4 Å². The average Bonchev–Trinajstić information content (AvgIpc) is 2.65. The molecule has 1 aromatic carbocycles. The molecule has 2 aromatic rings. The quantitative estimate of drug-likeness (QED) is 0.868. The van der Waals surface area contributed by atoms with E-state index in [1.165, 1.54) is 9.13 Å². The number of hydrogen-bond donors (Lipinski definition) is 1. The van der Waals surface area contributed by atoms with Crippen LogP contribution in [0, 0.1) is 6.92 Å². The predicted octanol–water partition coefficient (Wildman–Crippen LogP) is 1.20. The summed E-state index contributed by atoms with van der Waals surface area (Å²) in [5.74, 6) is 0.254. The Bertz CT molecular complexity index is 895. The molecule has 0 atom stereocenters. The lowest BCUT2D eigenvalue weighted by Crippen LogP contribution is -2.47. The SMILES string of the molecule is CCCn1c(N)c(N2CCOCC2)c(=O)n(Cc2ccccc2C)c1=O. The van der Waals surface area contributed by atoms with Crippen molar-refractivity contribution in [3.63, 3.8) is 0 Å². The lowest BCUT2D eigenvalue weighted by Gasteiger charge is -2.30. The second-order valence-electron chi connectivity index (χ2n) is 6.59. The standard InChI is InChI=1S/C19H26N4O3/c1-3-8-22-17(20)16(21-9-11-26-12-10-21)18(24)23(19(22)25)13-15-7-5-4-6-14(15)2/h4-7H,3,8-13,20H2,1-2H3. The molecule has 2 N–H and O–H groups in total. The number of benzene rings is 1. The molecule has 0 bridgehead atoms. The zero-order chi connectivity index (χ0) is 18.7. The number of rotatable bonds is 5. The van der Waals surface area contributed by atoms with Gasteiger partial charge in [0.2, 0.25) is 0 Å². The maximum atomic E-state index is 13.2. The van der Waals surface area contributed by atoms with E-state index >= 15 is 0 Å². The first-order valence-electron chi connectivity index (χ1n) is 9.05. The Kier molecular flexibility index (Phi) is 5.46. The second-order valence-corrected chi connectivity index (χ2v) is 6.59. The van der Waals surface area contributed by atoms with Gasteiger partial charge in [0.25, 0.3) is 5.56 Å². The predicted molar refractivity (Wildman–Crippen MR) is 103 cm³/mol. The fourth-order valence-electron chi connectivity index (χ4n) is 3.32. The Morgan fingerprint density at radius 2 is 1.81 bits per heavy atom. The van der Waals surface area contributed by atoms with E-state index in [9.17, 15) is 9.59 Å². The van der Waals surface area contributed by atoms with Crippen molar-refractivity contribution in [1.82, 2.24) is 9.13 Å². The van der Waals surface area contributed by atoms with Crippen molar-refractivity contribution in [1.29, 1.82) is 0 Å². The summed E-state index contributed by atoms with van der Waals surface area (Å²) in [7, 11) is 0. The Hall–Kier alpha value is -2.54. The minimum Gasteiger partial charge on any atom is -0.383 e. The number of aryl methyl sites for hydroxylation is 1. The summed E-state index contributed by atoms with van der Waals surface area (Å²) in [4.78, 5) is 28.1. The first kappa shape index (κ1) is 18.3. The van der Waals surface area contributed by atoms with Crippen LogP contribution in [0.15, 0.2) is 33.9 Å². The number of morpholine rings is 1. The van der Waals surface area contributed by atoms with Crippen molar-refractivity contribution in [3.8, 4) is 0 Å². The second kappa shape index (κ2) is 7.78. The summed E-state index contributed by atoms with van der Waals surface area (Å²) >= 11 is 0. The van der Waals surface area contributed by atoms with E-state index in [1.54, 1.807) is 0 Å². The van der Waals surface area contributed by atoms with Crippen LogP contribution < -0.4 is 21.9 Å². The monoisotopic (exact) mass is 358 g/mol. The molecule has 1 saturated heterocycles. The van der Waals surface area contributed by atoms with Crippen LogP contribution in [0.3, 0.4) is 0 Å². The van der Waals surface area contributed by atoms with Crippen LogP contribution in [-0.4, -0.2) is 35.4 Å². The van der Waals surface area contributed by atoms with Gasteiger partial charge in [-0.1, -0.05) is 31.2 Å². The van der Waals surface area contributed by atoms with Crippen LogP contribution in [0.25, 0.3) is 0 Å². The van der Waals surface area contributed by atoms with Crippen molar-refractivity contribution in [2.75, 3.05) is 36.9 Å². The molecule has 0 aliphatic carbocycles. The van der Waals surface area contributed by atoms with E-state index in [0.29, 0.717) is 38.5 Å². The van der Waals surface area contributed by atoms with Crippen LogP contribution in [0.5, 0.6) is 0 Å². The zero-order valence-electron chi connectivity index (χ0n) is 15.4. The normalized spacial score (nSPS) is 14.6. The molecule has 7 heteroatoms. The van der Waals surface area contributed by atoms with Crippen LogP contribution >= 0.6 is 0 Å². The summed E-state index contributed by atoms with van der Waals surface area (Å²) in [5.41, 5.74) is 7.99. The molecule has 1 aliphatic heterocycles. The number of hydrogen-bond acceptors (Lipinski definition) is 5. The summed E-state index contributed by atoms with van der Waals surface area (Å²) in [5, 5.41) is 0. The minimum absolute atomic E-state index is 0.242. The maximum absolute atomic E-state index is 13.2. The molecule has 0 spiro atoms. The molecule has 0 radical (unpaired) electrons. The Labute approximate surface area is 152 Å². The molecular weight excluding hydrogens is 332 g/mol. The third-order valence-electron chi connectivity index (χ3n) is 4.81. The van der Waals surface area contributed by atoms with Crippen molar-refractivity contribution in [3.05, 3.63) is 56.2 Å². The van der Waals surface area contributed by atoms with Crippen LogP contribution in [0.2, 0.25) is 0 Å². The number of nitrogens with zero attached hydrogens (tertiary/aromatic N) is 3. The van der Waals surface area contributed by atoms with Crippen LogP contribution in [0.4, 0.5) is 11.5 Å². The number of aromatic nitrogens is 2. The van der Waals surface area contributed by atoms with Gasteiger partial charge in [0.15, 0.2) is 0 Å². The van der Waals surface area contributed by atoms with Crippen molar-refractivity contribution < 1.29 is 4.74 Å². The highest BCUT2D eigenvalue weighted by Gasteiger charge is 2.23. The molecule has 0 unspecified atom stereocenters. The number of nitrogens with two attached hydrogens (primary N) is 1. The molecule has 2 heterocycles. The summed E-state index contributed by atoms with van der Waals surface area (Å²) in [6.07, 6.45) is 0.759. The van der Waals surface area contributed by atoms with E-state index in [0.717, 1.165) is 17.5 Å². The summed E-state index contributed by atoms with van der Waals surface area (Å²) < 4.78 is 8.21. The highest BCUT2D eigenvalue weighted by atomic mass is 16.5. The van der Waals surface area contributed by atoms with Crippen LogP contribution in [0.1, 0.15) is 24.5 Å². The molecule has 1 fully saturated rings. The molecule has 0 amide bonds. The Balaban J connectivity index is 2.16. The molecule has 1 aliphatic rings. The van der Waals surface area contributed by atoms with Gasteiger partial charge in [0.05, 0.1) is 19.8 Å². The molecule has 1 aromatic heterocycles. The highest BCUT2D eigenvalue weighted by molar-refractivity contribution is 5.63. The van der Waals surface area contributed by atoms with E-state index in [-0.39, 0.29) is 23.6 Å². The summed E-state index contributed by atoms with van der Waals surface area (Å²) in [6.45, 7) is 6.96. The van der Waals surface area contributed by atoms with Gasteiger partial charge in [-0.2, -0.15) is 0 Å². The minimum atomic E-state index is -0.352. The topological polar surface area (TPSA) is 82.5 Å². The molecule has 0 saturated carbocycles. The molecule has 7 nitrogen and oxygen atoms in total. The van der Waals surface area contributed by atoms with E-state index in [2.05, 4.69) is 0 Å². The lowest BCUT2D eigenvalue weighted by atomic mass is 10.1. The molecule has 3 rings (SSSR count). The van der Waals surface area contributed by atoms with Crippen molar-refractivity contribution >= 4 is 11.5 Å². The van der Waals surface area contributed by atoms with Gasteiger partial charge in [-0.15, -0.1) is 0 Å². The van der Waals surface area contributed by atoms with E-state index in [4.69, 9.17) is 10.5 Å². The average molecular weight is 358 g/mol. The molecule has 140 valence electrons. The zero-order valence-corrected chi connectivity index (χ0v) is 15.4. The van der Waals surface area contributed by atoms with Gasteiger partial charge in [-0.3, -0.25) is 13.9 Å². The number of anilines is 2. The van der Waals surface area contributed by atoms with Gasteiger partial charge < -0.3 is 15.4 Å². The first-order chi connectivity index (χ1) is 12.5. The van der Waals surface area contributed by atoms with Gasteiger partial charge in [-0.25, -0.2) is 4.79 Å². The maximum Gasteiger partial charge on any atom is 0.332 e. The molecular formula is C19H26N4O3. The molecule has 26 heavy (non-hydrogen) atoms. The third kappa shape index (κ3) is 3.39. The number of ether oxygens (including phenoxy) is 1. The van der Waals surface area contributed by atoms with Gasteiger partial charge >= 0.3 is 5.69 Å². The van der Waals surface area contributed by atoms with Gasteiger partial charge in [0.1, 0.15) is 11.5 Å². The number of nitrogen functional groups attached to an aromatic ring is 1. The summed E-state index contributed by atoms with van der Waals surface area (Å²) in [6, 6.07) is 7.78.